The minimum Gasteiger partial charge on any atom is -0.481 e. The van der Waals surface area contributed by atoms with Crippen LogP contribution in [0.5, 0.6) is 5.75 Å². The van der Waals surface area contributed by atoms with E-state index in [-0.39, 0.29) is 12.0 Å². The van der Waals surface area contributed by atoms with Crippen molar-refractivity contribution in [3.63, 3.8) is 0 Å². The van der Waals surface area contributed by atoms with Crippen LogP contribution in [0.2, 0.25) is 0 Å². The summed E-state index contributed by atoms with van der Waals surface area (Å²) in [7, 11) is 0. The van der Waals surface area contributed by atoms with Gasteiger partial charge in [0.2, 0.25) is 0 Å². The first-order valence-corrected chi connectivity index (χ1v) is 7.19. The summed E-state index contributed by atoms with van der Waals surface area (Å²) in [6.45, 7) is 7.17. The van der Waals surface area contributed by atoms with Crippen LogP contribution in [0.15, 0.2) is 18.2 Å². The fourth-order valence-electron chi connectivity index (χ4n) is 2.42. The summed E-state index contributed by atoms with van der Waals surface area (Å²) in [5, 5.41) is 2.88. The zero-order valence-electron chi connectivity index (χ0n) is 12.4. The number of carbonyl (C=O) groups is 1. The number of carbonyl (C=O) groups excluding carboxylic acids is 1. The van der Waals surface area contributed by atoms with Crippen LogP contribution in [0, 0.1) is 13.8 Å². The van der Waals surface area contributed by atoms with Gasteiger partial charge in [-0.05, 0) is 56.9 Å². The molecule has 110 valence electrons. The molecule has 0 aromatic heterocycles. The second kappa shape index (κ2) is 6.75. The van der Waals surface area contributed by atoms with E-state index in [1.807, 2.05) is 26.0 Å². The number of ether oxygens (including phenoxy) is 2. The first kappa shape index (κ1) is 14.9. The smallest absolute Gasteiger partial charge is 0.260 e. The molecule has 1 N–H and O–H groups in total. The van der Waals surface area contributed by atoms with Crippen molar-refractivity contribution in [1.82, 2.24) is 5.32 Å². The average Bonchev–Trinajstić information content (AvgIpc) is 2.87. The molecule has 4 heteroatoms. The van der Waals surface area contributed by atoms with E-state index >= 15 is 0 Å². The van der Waals surface area contributed by atoms with Gasteiger partial charge < -0.3 is 14.8 Å². The molecular formula is C16H23NO3. The molecule has 0 saturated carbocycles. The molecule has 1 aromatic rings. The van der Waals surface area contributed by atoms with Crippen LogP contribution in [0.4, 0.5) is 0 Å². The molecular weight excluding hydrogens is 254 g/mol. The van der Waals surface area contributed by atoms with Crippen LogP contribution in [-0.2, 0) is 9.53 Å². The van der Waals surface area contributed by atoms with Gasteiger partial charge in [0.05, 0.1) is 6.10 Å². The van der Waals surface area contributed by atoms with Crippen molar-refractivity contribution in [1.29, 1.82) is 0 Å². The summed E-state index contributed by atoms with van der Waals surface area (Å²) in [6.07, 6.45) is 1.76. The van der Waals surface area contributed by atoms with E-state index in [4.69, 9.17) is 9.47 Å². The molecule has 2 rings (SSSR count). The van der Waals surface area contributed by atoms with Crippen LogP contribution in [0.3, 0.4) is 0 Å². The molecule has 4 nitrogen and oxygen atoms in total. The predicted octanol–water partition coefficient (Wildman–Crippen LogP) is 2.37. The van der Waals surface area contributed by atoms with Crippen LogP contribution in [0.25, 0.3) is 0 Å². The van der Waals surface area contributed by atoms with E-state index in [0.717, 1.165) is 36.3 Å². The molecule has 1 heterocycles. The maximum Gasteiger partial charge on any atom is 0.260 e. The highest BCUT2D eigenvalue weighted by molar-refractivity contribution is 5.80. The number of hydrogen-bond donors (Lipinski definition) is 1. The second-order valence-corrected chi connectivity index (χ2v) is 5.46. The third kappa shape index (κ3) is 4.23. The SMILES string of the molecule is Cc1cc(C)cc(O[C@@H](C)C(=O)NC[C@@H]2CCCO2)c1. The van der Waals surface area contributed by atoms with Crippen LogP contribution < -0.4 is 10.1 Å². The highest BCUT2D eigenvalue weighted by Gasteiger charge is 2.19. The Morgan fingerprint density at radius 3 is 2.70 bits per heavy atom. The van der Waals surface area contributed by atoms with Gasteiger partial charge in [-0.15, -0.1) is 0 Å². The van der Waals surface area contributed by atoms with Crippen molar-refractivity contribution in [3.05, 3.63) is 29.3 Å². The first-order chi connectivity index (χ1) is 9.54. The summed E-state index contributed by atoms with van der Waals surface area (Å²) in [4.78, 5) is 12.0. The summed E-state index contributed by atoms with van der Waals surface area (Å²) in [5.74, 6) is 0.641. The molecule has 1 saturated heterocycles. The summed E-state index contributed by atoms with van der Waals surface area (Å²) in [5.41, 5.74) is 2.26. The lowest BCUT2D eigenvalue weighted by atomic mass is 10.1. The maximum absolute atomic E-state index is 12.0. The Hall–Kier alpha value is -1.55. The van der Waals surface area contributed by atoms with Gasteiger partial charge in [-0.1, -0.05) is 6.07 Å². The topological polar surface area (TPSA) is 47.6 Å². The Kier molecular flexibility index (Phi) is 5.01. The van der Waals surface area contributed by atoms with Gasteiger partial charge in [-0.25, -0.2) is 0 Å². The van der Waals surface area contributed by atoms with Crippen molar-refractivity contribution in [2.24, 2.45) is 0 Å². The van der Waals surface area contributed by atoms with Crippen LogP contribution >= 0.6 is 0 Å². The number of amides is 1. The Morgan fingerprint density at radius 1 is 1.40 bits per heavy atom. The molecule has 2 atom stereocenters. The van der Waals surface area contributed by atoms with Crippen LogP contribution in [-0.4, -0.2) is 31.3 Å². The van der Waals surface area contributed by atoms with E-state index in [0.29, 0.717) is 6.54 Å². The monoisotopic (exact) mass is 277 g/mol. The van der Waals surface area contributed by atoms with Crippen molar-refractivity contribution in [2.45, 2.75) is 45.8 Å². The Balaban J connectivity index is 1.83. The lowest BCUT2D eigenvalue weighted by molar-refractivity contribution is -0.127. The molecule has 1 amide bonds. The largest absolute Gasteiger partial charge is 0.481 e. The molecule has 0 bridgehead atoms. The number of benzene rings is 1. The number of aryl methyl sites for hydroxylation is 2. The Labute approximate surface area is 120 Å². The number of rotatable bonds is 5. The third-order valence-electron chi connectivity index (χ3n) is 3.41. The first-order valence-electron chi connectivity index (χ1n) is 7.19. The van der Waals surface area contributed by atoms with E-state index in [9.17, 15) is 4.79 Å². The molecule has 0 radical (unpaired) electrons. The molecule has 1 aliphatic rings. The van der Waals surface area contributed by atoms with E-state index in [1.165, 1.54) is 0 Å². The van der Waals surface area contributed by atoms with Crippen molar-refractivity contribution in [3.8, 4) is 5.75 Å². The fraction of sp³-hybridized carbons (Fsp3) is 0.562. The quantitative estimate of drug-likeness (QED) is 0.899. The van der Waals surface area contributed by atoms with Crippen LogP contribution in [0.1, 0.15) is 30.9 Å². The van der Waals surface area contributed by atoms with Crippen molar-refractivity contribution < 1.29 is 14.3 Å². The predicted molar refractivity (Wildman–Crippen MR) is 78.0 cm³/mol. The van der Waals surface area contributed by atoms with E-state index < -0.39 is 6.10 Å². The zero-order valence-corrected chi connectivity index (χ0v) is 12.4. The summed E-state index contributed by atoms with van der Waals surface area (Å²) in [6, 6.07) is 5.96. The van der Waals surface area contributed by atoms with Gasteiger partial charge in [0, 0.05) is 13.2 Å². The minimum absolute atomic E-state index is 0.0975. The lowest BCUT2D eigenvalue weighted by Crippen LogP contribution is -2.40. The van der Waals surface area contributed by atoms with Crippen molar-refractivity contribution in [2.75, 3.05) is 13.2 Å². The van der Waals surface area contributed by atoms with Gasteiger partial charge in [0.15, 0.2) is 6.10 Å². The maximum atomic E-state index is 12.0. The van der Waals surface area contributed by atoms with Crippen molar-refractivity contribution >= 4 is 5.91 Å². The molecule has 0 unspecified atom stereocenters. The average molecular weight is 277 g/mol. The molecule has 0 spiro atoms. The molecule has 1 aromatic carbocycles. The highest BCUT2D eigenvalue weighted by Crippen LogP contribution is 2.17. The Bertz CT molecular complexity index is 447. The Morgan fingerprint density at radius 2 is 2.10 bits per heavy atom. The summed E-state index contributed by atoms with van der Waals surface area (Å²) >= 11 is 0. The number of hydrogen-bond acceptors (Lipinski definition) is 3. The van der Waals surface area contributed by atoms with Gasteiger partial charge in [0.1, 0.15) is 5.75 Å². The highest BCUT2D eigenvalue weighted by atomic mass is 16.5. The molecule has 1 fully saturated rings. The zero-order chi connectivity index (χ0) is 14.5. The van der Waals surface area contributed by atoms with Gasteiger partial charge in [0.25, 0.3) is 5.91 Å². The molecule has 0 aliphatic carbocycles. The molecule has 20 heavy (non-hydrogen) atoms. The normalized spacial score (nSPS) is 19.6. The second-order valence-electron chi connectivity index (χ2n) is 5.46. The minimum atomic E-state index is -0.502. The fourth-order valence-corrected chi connectivity index (χ4v) is 2.42. The van der Waals surface area contributed by atoms with E-state index in [1.54, 1.807) is 6.92 Å². The standard InChI is InChI=1S/C16H23NO3/c1-11-7-12(2)9-15(8-11)20-13(3)16(18)17-10-14-5-4-6-19-14/h7-9,13-14H,4-6,10H2,1-3H3,(H,17,18)/t13-,14-/m0/s1. The molecule has 1 aliphatic heterocycles. The summed E-state index contributed by atoms with van der Waals surface area (Å²) < 4.78 is 11.2. The van der Waals surface area contributed by atoms with E-state index in [2.05, 4.69) is 11.4 Å². The van der Waals surface area contributed by atoms with Gasteiger partial charge in [-0.2, -0.15) is 0 Å². The van der Waals surface area contributed by atoms with Gasteiger partial charge in [-0.3, -0.25) is 4.79 Å². The van der Waals surface area contributed by atoms with Gasteiger partial charge >= 0.3 is 0 Å². The number of nitrogens with one attached hydrogen (secondary N) is 1. The lowest BCUT2D eigenvalue weighted by Gasteiger charge is -2.17. The third-order valence-corrected chi connectivity index (χ3v) is 3.41.